The number of aliphatic hydroxyl groups excluding tert-OH is 1. The van der Waals surface area contributed by atoms with Gasteiger partial charge >= 0.3 is 0 Å². The van der Waals surface area contributed by atoms with Crippen molar-refractivity contribution in [3.8, 4) is 0 Å². The second kappa shape index (κ2) is 5.17. The summed E-state index contributed by atoms with van der Waals surface area (Å²) < 4.78 is 0. The largest absolute Gasteiger partial charge is 0.394 e. The summed E-state index contributed by atoms with van der Waals surface area (Å²) in [6.07, 6.45) is 0. The molecule has 0 amide bonds. The van der Waals surface area contributed by atoms with Crippen LogP contribution in [0, 0.1) is 0 Å². The minimum Gasteiger partial charge on any atom is -0.394 e. The Labute approximate surface area is 100 Å². The van der Waals surface area contributed by atoms with Gasteiger partial charge in [-0.3, -0.25) is 0 Å². The SMILES string of the molecule is CC(C)(CO)NCc1c(Cl)cccc1Cl. The van der Waals surface area contributed by atoms with Crippen LogP contribution in [0.4, 0.5) is 0 Å². The van der Waals surface area contributed by atoms with Crippen molar-refractivity contribution in [3.63, 3.8) is 0 Å². The molecule has 0 fully saturated rings. The molecule has 2 N–H and O–H groups in total. The lowest BCUT2D eigenvalue weighted by atomic mass is 10.1. The van der Waals surface area contributed by atoms with Crippen LogP contribution in [-0.4, -0.2) is 17.3 Å². The van der Waals surface area contributed by atoms with Gasteiger partial charge in [-0.2, -0.15) is 0 Å². The summed E-state index contributed by atoms with van der Waals surface area (Å²) in [5, 5.41) is 13.6. The maximum absolute atomic E-state index is 9.08. The number of hydrogen-bond donors (Lipinski definition) is 2. The Balaban J connectivity index is 2.73. The standard InChI is InChI=1S/C11H15Cl2NO/c1-11(2,7-15)14-6-8-9(12)4-3-5-10(8)13/h3-5,14-15H,6-7H2,1-2H3. The van der Waals surface area contributed by atoms with E-state index in [0.717, 1.165) is 5.56 Å². The van der Waals surface area contributed by atoms with Crippen molar-refractivity contribution in [2.75, 3.05) is 6.61 Å². The predicted octanol–water partition coefficient (Wildman–Crippen LogP) is 2.85. The zero-order valence-corrected chi connectivity index (χ0v) is 10.4. The monoisotopic (exact) mass is 247 g/mol. The van der Waals surface area contributed by atoms with Crippen LogP contribution in [0.15, 0.2) is 18.2 Å². The summed E-state index contributed by atoms with van der Waals surface area (Å²) in [7, 11) is 0. The van der Waals surface area contributed by atoms with Crippen LogP contribution >= 0.6 is 23.2 Å². The average Bonchev–Trinajstić information content (AvgIpc) is 2.17. The maximum Gasteiger partial charge on any atom is 0.0607 e. The number of aliphatic hydroxyl groups is 1. The van der Waals surface area contributed by atoms with E-state index in [2.05, 4.69) is 5.32 Å². The number of halogens is 2. The van der Waals surface area contributed by atoms with Gasteiger partial charge < -0.3 is 10.4 Å². The van der Waals surface area contributed by atoms with Crippen molar-refractivity contribution in [2.45, 2.75) is 25.9 Å². The lowest BCUT2D eigenvalue weighted by Gasteiger charge is -2.24. The van der Waals surface area contributed by atoms with Gasteiger partial charge in [0.15, 0.2) is 0 Å². The summed E-state index contributed by atoms with van der Waals surface area (Å²) >= 11 is 12.0. The number of rotatable bonds is 4. The Hall–Kier alpha value is -0.280. The molecule has 0 aliphatic rings. The molecule has 0 atom stereocenters. The minimum absolute atomic E-state index is 0.0646. The highest BCUT2D eigenvalue weighted by molar-refractivity contribution is 6.35. The van der Waals surface area contributed by atoms with Crippen molar-refractivity contribution in [1.82, 2.24) is 5.32 Å². The molecular weight excluding hydrogens is 233 g/mol. The van der Waals surface area contributed by atoms with E-state index in [1.165, 1.54) is 0 Å². The van der Waals surface area contributed by atoms with Crippen LogP contribution in [-0.2, 0) is 6.54 Å². The Morgan fingerprint density at radius 3 is 2.27 bits per heavy atom. The predicted molar refractivity (Wildman–Crippen MR) is 64.5 cm³/mol. The highest BCUT2D eigenvalue weighted by Gasteiger charge is 2.16. The molecule has 0 heterocycles. The van der Waals surface area contributed by atoms with E-state index in [1.54, 1.807) is 12.1 Å². The molecule has 0 aromatic heterocycles. The molecule has 0 spiro atoms. The first-order valence-corrected chi connectivity index (χ1v) is 5.50. The molecule has 1 aromatic rings. The molecule has 1 aromatic carbocycles. The minimum atomic E-state index is -0.331. The molecule has 15 heavy (non-hydrogen) atoms. The van der Waals surface area contributed by atoms with E-state index in [4.69, 9.17) is 28.3 Å². The number of hydrogen-bond acceptors (Lipinski definition) is 2. The van der Waals surface area contributed by atoms with Gasteiger partial charge in [0.2, 0.25) is 0 Å². The van der Waals surface area contributed by atoms with Gasteiger partial charge in [-0.05, 0) is 26.0 Å². The molecule has 1 rings (SSSR count). The second-order valence-electron chi connectivity index (χ2n) is 4.10. The molecule has 0 aliphatic heterocycles. The summed E-state index contributed by atoms with van der Waals surface area (Å²) in [4.78, 5) is 0. The molecule has 0 aliphatic carbocycles. The topological polar surface area (TPSA) is 32.3 Å². The normalized spacial score (nSPS) is 11.8. The quantitative estimate of drug-likeness (QED) is 0.858. The number of benzene rings is 1. The van der Waals surface area contributed by atoms with Gasteiger partial charge in [0, 0.05) is 27.7 Å². The van der Waals surface area contributed by atoms with Crippen LogP contribution in [0.5, 0.6) is 0 Å². The summed E-state index contributed by atoms with van der Waals surface area (Å²) in [5.41, 5.74) is 0.532. The zero-order valence-electron chi connectivity index (χ0n) is 8.85. The van der Waals surface area contributed by atoms with E-state index in [9.17, 15) is 0 Å². The van der Waals surface area contributed by atoms with Crippen LogP contribution in [0.2, 0.25) is 10.0 Å². The Morgan fingerprint density at radius 2 is 1.80 bits per heavy atom. The highest BCUT2D eigenvalue weighted by atomic mass is 35.5. The Morgan fingerprint density at radius 1 is 1.27 bits per heavy atom. The van der Waals surface area contributed by atoms with Crippen LogP contribution in [0.1, 0.15) is 19.4 Å². The fourth-order valence-corrected chi connectivity index (χ4v) is 1.62. The van der Waals surface area contributed by atoms with Crippen LogP contribution in [0.3, 0.4) is 0 Å². The first-order valence-electron chi connectivity index (χ1n) is 4.75. The van der Waals surface area contributed by atoms with Gasteiger partial charge in [0.25, 0.3) is 0 Å². The Bertz CT molecular complexity index is 319. The lowest BCUT2D eigenvalue weighted by molar-refractivity contribution is 0.187. The fourth-order valence-electron chi connectivity index (χ4n) is 1.08. The van der Waals surface area contributed by atoms with Gasteiger partial charge in [-0.25, -0.2) is 0 Å². The number of nitrogens with one attached hydrogen (secondary N) is 1. The molecule has 84 valence electrons. The molecule has 0 unspecified atom stereocenters. The Kier molecular flexibility index (Phi) is 4.41. The summed E-state index contributed by atoms with van der Waals surface area (Å²) in [6.45, 7) is 4.44. The highest BCUT2D eigenvalue weighted by Crippen LogP contribution is 2.24. The van der Waals surface area contributed by atoms with E-state index >= 15 is 0 Å². The zero-order chi connectivity index (χ0) is 11.5. The van der Waals surface area contributed by atoms with Crippen molar-refractivity contribution < 1.29 is 5.11 Å². The van der Waals surface area contributed by atoms with Gasteiger partial charge in [0.1, 0.15) is 0 Å². The van der Waals surface area contributed by atoms with E-state index in [1.807, 2.05) is 19.9 Å². The van der Waals surface area contributed by atoms with E-state index < -0.39 is 0 Å². The third kappa shape index (κ3) is 3.65. The fraction of sp³-hybridized carbons (Fsp3) is 0.455. The summed E-state index contributed by atoms with van der Waals surface area (Å²) in [6, 6.07) is 5.41. The van der Waals surface area contributed by atoms with Crippen molar-refractivity contribution in [1.29, 1.82) is 0 Å². The van der Waals surface area contributed by atoms with Gasteiger partial charge in [-0.15, -0.1) is 0 Å². The first-order chi connectivity index (χ1) is 6.96. The third-order valence-electron chi connectivity index (χ3n) is 2.20. The molecule has 0 saturated heterocycles. The molecule has 0 bridgehead atoms. The van der Waals surface area contributed by atoms with Gasteiger partial charge in [0.05, 0.1) is 6.61 Å². The molecule has 4 heteroatoms. The van der Waals surface area contributed by atoms with E-state index in [-0.39, 0.29) is 12.1 Å². The smallest absolute Gasteiger partial charge is 0.0607 e. The van der Waals surface area contributed by atoms with Crippen molar-refractivity contribution in [3.05, 3.63) is 33.8 Å². The summed E-state index contributed by atoms with van der Waals surface area (Å²) in [5.74, 6) is 0. The second-order valence-corrected chi connectivity index (χ2v) is 4.91. The maximum atomic E-state index is 9.08. The van der Waals surface area contributed by atoms with Gasteiger partial charge in [-0.1, -0.05) is 29.3 Å². The van der Waals surface area contributed by atoms with Crippen molar-refractivity contribution >= 4 is 23.2 Å². The van der Waals surface area contributed by atoms with E-state index in [0.29, 0.717) is 16.6 Å². The first kappa shape index (κ1) is 12.8. The lowest BCUT2D eigenvalue weighted by Crippen LogP contribution is -2.42. The molecular formula is C11H15Cl2NO. The molecule has 2 nitrogen and oxygen atoms in total. The third-order valence-corrected chi connectivity index (χ3v) is 2.91. The average molecular weight is 248 g/mol. The molecule has 0 saturated carbocycles. The van der Waals surface area contributed by atoms with Crippen LogP contribution in [0.25, 0.3) is 0 Å². The van der Waals surface area contributed by atoms with Crippen LogP contribution < -0.4 is 5.32 Å². The van der Waals surface area contributed by atoms with Crippen molar-refractivity contribution in [2.24, 2.45) is 0 Å². The molecule has 0 radical (unpaired) electrons.